The van der Waals surface area contributed by atoms with E-state index in [1.807, 2.05) is 6.21 Å². The van der Waals surface area contributed by atoms with Crippen LogP contribution in [0.25, 0.3) is 11.2 Å². The number of hydrazone groups is 1. The van der Waals surface area contributed by atoms with Crippen molar-refractivity contribution >= 4 is 34.9 Å². The molecule has 1 unspecified atom stereocenters. The summed E-state index contributed by atoms with van der Waals surface area (Å²) < 4.78 is 7.72. The van der Waals surface area contributed by atoms with Gasteiger partial charge < -0.3 is 16.2 Å². The van der Waals surface area contributed by atoms with Crippen molar-refractivity contribution in [2.24, 2.45) is 16.8 Å². The first-order chi connectivity index (χ1) is 14.2. The van der Waals surface area contributed by atoms with Crippen LogP contribution in [0.2, 0.25) is 0 Å². The second-order valence-electron chi connectivity index (χ2n) is 7.35. The molecular weight excluding hydrogens is 372 g/mol. The molecule has 154 valence electrons. The van der Waals surface area contributed by atoms with E-state index in [4.69, 9.17) is 16.2 Å². The first-order valence-corrected chi connectivity index (χ1v) is 9.98. The number of nitrogens with two attached hydrogens (primary N) is 2. The maximum Gasteiger partial charge on any atom is 0.247 e. The van der Waals surface area contributed by atoms with Gasteiger partial charge in [0.1, 0.15) is 17.8 Å². The molecule has 0 radical (unpaired) electrons. The van der Waals surface area contributed by atoms with Crippen LogP contribution < -0.4 is 16.9 Å². The molecule has 0 amide bonds. The topological polar surface area (TPSA) is 146 Å². The second-order valence-corrected chi connectivity index (χ2v) is 7.35. The third-order valence-electron chi connectivity index (χ3n) is 5.27. The standard InChI is InChI=1S/C19H26N8O2/c20-9-8-13(28)14-6-7-15(29-14)27-11-22-16-17(21)24-19(25-18(16)27)26-23-10-12-4-2-1-3-5-12/h1-2,10-12,14-15H,3-9,20H2,(H3,21,24,25,26)/b23-10+/t12?,14-,15+/m0/s1. The molecule has 2 aromatic rings. The number of fused-ring (bicyclic) bond motifs is 1. The number of aromatic nitrogens is 4. The largest absolute Gasteiger partial charge is 0.382 e. The normalized spacial score (nSPS) is 24.5. The summed E-state index contributed by atoms with van der Waals surface area (Å²) in [6.07, 6.45) is 11.9. The van der Waals surface area contributed by atoms with Gasteiger partial charge in [0.05, 0.1) is 6.33 Å². The van der Waals surface area contributed by atoms with E-state index in [1.165, 1.54) is 0 Å². The van der Waals surface area contributed by atoms with Crippen molar-refractivity contribution in [1.82, 2.24) is 19.5 Å². The third-order valence-corrected chi connectivity index (χ3v) is 5.27. The molecule has 0 spiro atoms. The monoisotopic (exact) mass is 398 g/mol. The summed E-state index contributed by atoms with van der Waals surface area (Å²) in [5.74, 6) is 1.01. The number of nitrogens with zero attached hydrogens (tertiary/aromatic N) is 5. The second kappa shape index (κ2) is 8.66. The Balaban J connectivity index is 1.50. The molecular formula is C19H26N8O2. The number of anilines is 2. The Bertz CT molecular complexity index is 938. The molecule has 5 N–H and O–H groups in total. The number of nitrogens with one attached hydrogen (secondary N) is 1. The Morgan fingerprint density at radius 1 is 1.34 bits per heavy atom. The molecule has 0 aromatic carbocycles. The number of ketones is 1. The van der Waals surface area contributed by atoms with Gasteiger partial charge >= 0.3 is 0 Å². The summed E-state index contributed by atoms with van der Waals surface area (Å²) in [5.41, 5.74) is 15.5. The van der Waals surface area contributed by atoms with Gasteiger partial charge in [-0.15, -0.1) is 0 Å². The molecule has 29 heavy (non-hydrogen) atoms. The molecule has 10 heteroatoms. The van der Waals surface area contributed by atoms with E-state index in [9.17, 15) is 4.79 Å². The molecule has 10 nitrogen and oxygen atoms in total. The van der Waals surface area contributed by atoms with Gasteiger partial charge in [-0.05, 0) is 44.6 Å². The van der Waals surface area contributed by atoms with Gasteiger partial charge in [-0.2, -0.15) is 15.1 Å². The maximum atomic E-state index is 12.1. The molecule has 3 heterocycles. The van der Waals surface area contributed by atoms with E-state index < -0.39 is 6.10 Å². The Kier molecular flexibility index (Phi) is 5.81. The number of Topliss-reactive ketones (excluding diaryl/α,β-unsaturated/α-hetero) is 1. The van der Waals surface area contributed by atoms with Crippen LogP contribution in [0.15, 0.2) is 23.6 Å². The van der Waals surface area contributed by atoms with Crippen LogP contribution in [-0.4, -0.2) is 44.2 Å². The molecule has 2 aromatic heterocycles. The number of carbonyl (C=O) groups is 1. The van der Waals surface area contributed by atoms with Crippen LogP contribution in [-0.2, 0) is 9.53 Å². The zero-order chi connectivity index (χ0) is 20.2. The van der Waals surface area contributed by atoms with Crippen molar-refractivity contribution in [3.8, 4) is 0 Å². The quantitative estimate of drug-likeness (QED) is 0.363. The van der Waals surface area contributed by atoms with Gasteiger partial charge in [-0.1, -0.05) is 12.2 Å². The number of nitrogen functional groups attached to an aromatic ring is 1. The van der Waals surface area contributed by atoms with Crippen LogP contribution in [0.1, 0.15) is 44.8 Å². The minimum Gasteiger partial charge on any atom is -0.382 e. The summed E-state index contributed by atoms with van der Waals surface area (Å²) >= 11 is 0. The van der Waals surface area contributed by atoms with Gasteiger partial charge in [-0.3, -0.25) is 9.36 Å². The molecule has 1 aliphatic heterocycles. The van der Waals surface area contributed by atoms with Crippen LogP contribution in [0.3, 0.4) is 0 Å². The highest BCUT2D eigenvalue weighted by molar-refractivity contribution is 5.84. The van der Waals surface area contributed by atoms with E-state index in [2.05, 4.69) is 37.6 Å². The zero-order valence-corrected chi connectivity index (χ0v) is 16.2. The van der Waals surface area contributed by atoms with Crippen molar-refractivity contribution in [2.45, 2.75) is 50.9 Å². The highest BCUT2D eigenvalue weighted by Crippen LogP contribution is 2.32. The Hall–Kier alpha value is -2.85. The zero-order valence-electron chi connectivity index (χ0n) is 16.2. The average molecular weight is 398 g/mol. The van der Waals surface area contributed by atoms with E-state index >= 15 is 0 Å². The van der Waals surface area contributed by atoms with E-state index in [0.717, 1.165) is 19.3 Å². The lowest BCUT2D eigenvalue weighted by atomic mass is 9.96. The van der Waals surface area contributed by atoms with E-state index in [1.54, 1.807) is 10.9 Å². The summed E-state index contributed by atoms with van der Waals surface area (Å²) in [7, 11) is 0. The van der Waals surface area contributed by atoms with Crippen molar-refractivity contribution in [3.05, 3.63) is 18.5 Å². The van der Waals surface area contributed by atoms with Gasteiger partial charge in [0.25, 0.3) is 0 Å². The number of rotatable bonds is 7. The van der Waals surface area contributed by atoms with Crippen LogP contribution in [0.5, 0.6) is 0 Å². The van der Waals surface area contributed by atoms with Crippen molar-refractivity contribution in [1.29, 1.82) is 0 Å². The van der Waals surface area contributed by atoms with Gasteiger partial charge in [0, 0.05) is 12.6 Å². The number of ether oxygens (including phenoxy) is 1. The van der Waals surface area contributed by atoms with Crippen molar-refractivity contribution in [3.63, 3.8) is 0 Å². The summed E-state index contributed by atoms with van der Waals surface area (Å²) in [6.45, 7) is 0.327. The van der Waals surface area contributed by atoms with Crippen molar-refractivity contribution < 1.29 is 9.53 Å². The fourth-order valence-electron chi connectivity index (χ4n) is 3.72. The minimum atomic E-state index is -0.438. The van der Waals surface area contributed by atoms with E-state index in [-0.39, 0.29) is 17.8 Å². The minimum absolute atomic E-state index is 0.0304. The molecule has 1 aliphatic carbocycles. The molecule has 2 aliphatic rings. The SMILES string of the molecule is NCCC(=O)[C@@H]1CC[C@H](n2cnc3c(N)nc(N/N=C/C4CC=CCC4)nc32)O1. The third kappa shape index (κ3) is 4.28. The Morgan fingerprint density at radius 3 is 3.03 bits per heavy atom. The predicted octanol–water partition coefficient (Wildman–Crippen LogP) is 1.76. The summed E-state index contributed by atoms with van der Waals surface area (Å²) in [4.78, 5) is 25.1. The Morgan fingerprint density at radius 2 is 2.24 bits per heavy atom. The predicted molar refractivity (Wildman–Crippen MR) is 110 cm³/mol. The summed E-state index contributed by atoms with van der Waals surface area (Å²) in [5, 5.41) is 4.27. The molecule has 3 atom stereocenters. The highest BCUT2D eigenvalue weighted by Gasteiger charge is 2.32. The lowest BCUT2D eigenvalue weighted by molar-refractivity contribution is -0.131. The number of carbonyl (C=O) groups excluding carboxylic acids is 1. The Labute approximate surface area is 168 Å². The van der Waals surface area contributed by atoms with E-state index in [0.29, 0.717) is 48.8 Å². The van der Waals surface area contributed by atoms with Crippen molar-refractivity contribution in [2.75, 3.05) is 17.7 Å². The van der Waals surface area contributed by atoms with Crippen LogP contribution in [0, 0.1) is 5.92 Å². The number of imidazole rings is 1. The molecule has 1 fully saturated rings. The van der Waals surface area contributed by atoms with Crippen LogP contribution in [0.4, 0.5) is 11.8 Å². The first-order valence-electron chi connectivity index (χ1n) is 9.98. The molecule has 0 saturated carbocycles. The number of hydrogen-bond donors (Lipinski definition) is 3. The maximum absolute atomic E-state index is 12.1. The number of hydrogen-bond acceptors (Lipinski definition) is 9. The van der Waals surface area contributed by atoms with Gasteiger partial charge in [0.15, 0.2) is 17.2 Å². The highest BCUT2D eigenvalue weighted by atomic mass is 16.5. The fourth-order valence-corrected chi connectivity index (χ4v) is 3.72. The number of allylic oxidation sites excluding steroid dienone is 2. The molecule has 1 saturated heterocycles. The summed E-state index contributed by atoms with van der Waals surface area (Å²) in [6, 6.07) is 0. The van der Waals surface area contributed by atoms with Crippen LogP contribution >= 0.6 is 0 Å². The molecule has 0 bridgehead atoms. The smallest absolute Gasteiger partial charge is 0.247 e. The van der Waals surface area contributed by atoms with Gasteiger partial charge in [-0.25, -0.2) is 10.4 Å². The lowest BCUT2D eigenvalue weighted by Crippen LogP contribution is -2.23. The lowest BCUT2D eigenvalue weighted by Gasteiger charge is -2.15. The molecule has 4 rings (SSSR count). The first kappa shape index (κ1) is 19.5. The fraction of sp³-hybridized carbons (Fsp3) is 0.526. The average Bonchev–Trinajstić information content (AvgIpc) is 3.36. The van der Waals surface area contributed by atoms with Gasteiger partial charge in [0.2, 0.25) is 5.95 Å².